The Morgan fingerprint density at radius 3 is 1.54 bits per heavy atom. The number of benzene rings is 7. The van der Waals surface area contributed by atoms with Crippen molar-refractivity contribution in [3.8, 4) is 39.7 Å². The molecule has 0 N–H and O–H groups in total. The highest BCUT2D eigenvalue weighted by atomic mass is 15.0. The molecular weight excluding hydrogens is 558 g/mol. The summed E-state index contributed by atoms with van der Waals surface area (Å²) in [7, 11) is 0. The van der Waals surface area contributed by atoms with Gasteiger partial charge < -0.3 is 9.13 Å². The molecule has 0 saturated carbocycles. The van der Waals surface area contributed by atoms with Gasteiger partial charge in [0.2, 0.25) is 0 Å². The van der Waals surface area contributed by atoms with E-state index in [9.17, 15) is 5.26 Å². The summed E-state index contributed by atoms with van der Waals surface area (Å²) in [6, 6.07) is 60.2. The average Bonchev–Trinajstić information content (AvgIpc) is 3.65. The van der Waals surface area contributed by atoms with Crippen LogP contribution in [0.1, 0.15) is 5.56 Å². The number of fused-ring (bicyclic) bond motifs is 6. The molecule has 0 aliphatic rings. The van der Waals surface area contributed by atoms with Crippen LogP contribution in [0.5, 0.6) is 0 Å². The fourth-order valence-corrected chi connectivity index (χ4v) is 7.13. The Bertz CT molecular complexity index is 2610. The fourth-order valence-electron chi connectivity index (χ4n) is 7.13. The van der Waals surface area contributed by atoms with Crippen molar-refractivity contribution in [3.05, 3.63) is 169 Å². The van der Waals surface area contributed by atoms with Crippen molar-refractivity contribution in [2.75, 3.05) is 0 Å². The van der Waals surface area contributed by atoms with Gasteiger partial charge in [-0.2, -0.15) is 5.26 Å². The topological polar surface area (TPSA) is 33.6 Å². The molecule has 0 amide bonds. The maximum absolute atomic E-state index is 9.52. The lowest BCUT2D eigenvalue weighted by Gasteiger charge is -2.14. The molecule has 2 heterocycles. The van der Waals surface area contributed by atoms with Crippen molar-refractivity contribution < 1.29 is 0 Å². The first-order valence-electron chi connectivity index (χ1n) is 15.5. The maximum atomic E-state index is 9.52. The van der Waals surface area contributed by atoms with Crippen molar-refractivity contribution in [1.29, 1.82) is 5.26 Å². The minimum absolute atomic E-state index is 0.658. The molecule has 0 fully saturated rings. The summed E-state index contributed by atoms with van der Waals surface area (Å²) in [6.45, 7) is 0. The Morgan fingerprint density at radius 1 is 0.391 bits per heavy atom. The van der Waals surface area contributed by atoms with Crippen LogP contribution in [0.25, 0.3) is 77.2 Å². The largest absolute Gasteiger partial charge is 0.309 e. The molecule has 0 aliphatic carbocycles. The number of hydrogen-bond acceptors (Lipinski definition) is 1. The van der Waals surface area contributed by atoms with Crippen LogP contribution in [0.4, 0.5) is 0 Å². The van der Waals surface area contributed by atoms with E-state index < -0.39 is 0 Å². The summed E-state index contributed by atoms with van der Waals surface area (Å²) in [5.74, 6) is 0. The van der Waals surface area contributed by atoms with Gasteiger partial charge in [-0.3, -0.25) is 0 Å². The molecule has 0 bridgehead atoms. The van der Waals surface area contributed by atoms with E-state index >= 15 is 0 Å². The Morgan fingerprint density at radius 2 is 0.870 bits per heavy atom. The average molecular weight is 586 g/mol. The van der Waals surface area contributed by atoms with Gasteiger partial charge in [0, 0.05) is 38.5 Å². The minimum Gasteiger partial charge on any atom is -0.309 e. The van der Waals surface area contributed by atoms with Crippen molar-refractivity contribution in [2.45, 2.75) is 0 Å². The van der Waals surface area contributed by atoms with Crippen molar-refractivity contribution in [3.63, 3.8) is 0 Å². The summed E-state index contributed by atoms with van der Waals surface area (Å²) in [5, 5.41) is 14.5. The van der Waals surface area contributed by atoms with Gasteiger partial charge in [0.25, 0.3) is 0 Å². The van der Waals surface area contributed by atoms with Gasteiger partial charge in [-0.15, -0.1) is 0 Å². The summed E-state index contributed by atoms with van der Waals surface area (Å²) >= 11 is 0. The molecule has 9 rings (SSSR count). The highest BCUT2D eigenvalue weighted by Gasteiger charge is 2.18. The molecule has 7 aromatic carbocycles. The Hall–Kier alpha value is -6.37. The molecular formula is C43H27N3. The molecule has 0 spiro atoms. The highest BCUT2D eigenvalue weighted by molar-refractivity contribution is 6.14. The minimum atomic E-state index is 0.658. The van der Waals surface area contributed by atoms with Crippen LogP contribution in [0, 0.1) is 11.3 Å². The molecule has 0 unspecified atom stereocenters. The summed E-state index contributed by atoms with van der Waals surface area (Å²) in [6.07, 6.45) is 0. The normalized spacial score (nSPS) is 11.5. The zero-order valence-corrected chi connectivity index (χ0v) is 24.9. The third-order valence-corrected chi connectivity index (χ3v) is 9.12. The summed E-state index contributed by atoms with van der Waals surface area (Å²) < 4.78 is 4.77. The predicted molar refractivity (Wildman–Crippen MR) is 191 cm³/mol. The molecule has 9 aromatic rings. The number of para-hydroxylation sites is 4. The van der Waals surface area contributed by atoms with Crippen LogP contribution >= 0.6 is 0 Å². The predicted octanol–water partition coefficient (Wildman–Crippen LogP) is 11.1. The van der Waals surface area contributed by atoms with Crippen LogP contribution in [-0.4, -0.2) is 9.13 Å². The molecule has 46 heavy (non-hydrogen) atoms. The molecule has 3 nitrogen and oxygen atoms in total. The standard InChI is InChI=1S/C43H27N3/c44-28-29-11-7-12-30(25-29)31-13-8-16-34(26-31)46-42-24-6-3-19-38(42)39-21-10-20-35(43(39)46)32-14-9-15-33(27-32)45-40-22-4-1-17-36(40)37-18-2-5-23-41(37)45/h1-27H. The van der Waals surface area contributed by atoms with Gasteiger partial charge in [-0.05, 0) is 71.3 Å². The van der Waals surface area contributed by atoms with E-state index in [-0.39, 0.29) is 0 Å². The highest BCUT2D eigenvalue weighted by Crippen LogP contribution is 2.40. The van der Waals surface area contributed by atoms with Gasteiger partial charge in [-0.1, -0.05) is 109 Å². The second-order valence-electron chi connectivity index (χ2n) is 11.7. The van der Waals surface area contributed by atoms with Gasteiger partial charge in [-0.25, -0.2) is 0 Å². The Balaban J connectivity index is 1.29. The van der Waals surface area contributed by atoms with Gasteiger partial charge in [0.15, 0.2) is 0 Å². The fraction of sp³-hybridized carbons (Fsp3) is 0. The first kappa shape index (κ1) is 26.1. The van der Waals surface area contributed by atoms with E-state index in [4.69, 9.17) is 0 Å². The second kappa shape index (κ2) is 10.4. The third kappa shape index (κ3) is 3.98. The molecule has 0 saturated heterocycles. The third-order valence-electron chi connectivity index (χ3n) is 9.12. The van der Waals surface area contributed by atoms with Crippen molar-refractivity contribution >= 4 is 43.6 Å². The number of aromatic nitrogens is 2. The number of hydrogen-bond donors (Lipinski definition) is 0. The lowest BCUT2D eigenvalue weighted by molar-refractivity contribution is 1.17. The molecule has 0 aliphatic heterocycles. The molecule has 2 aromatic heterocycles. The Labute approximate surface area is 266 Å². The van der Waals surface area contributed by atoms with Crippen LogP contribution in [0.15, 0.2) is 164 Å². The second-order valence-corrected chi connectivity index (χ2v) is 11.7. The maximum Gasteiger partial charge on any atom is 0.0991 e. The SMILES string of the molecule is N#Cc1cccc(-c2cccc(-n3c4ccccc4c4cccc(-c5cccc(-n6c7ccccc7c7ccccc76)c5)c43)c2)c1. The smallest absolute Gasteiger partial charge is 0.0991 e. The van der Waals surface area contributed by atoms with E-state index in [0.29, 0.717) is 5.56 Å². The summed E-state index contributed by atoms with van der Waals surface area (Å²) in [5.41, 5.74) is 12.0. The van der Waals surface area contributed by atoms with Crippen molar-refractivity contribution in [2.24, 2.45) is 0 Å². The molecule has 0 radical (unpaired) electrons. The first-order valence-corrected chi connectivity index (χ1v) is 15.5. The van der Waals surface area contributed by atoms with E-state index in [2.05, 4.69) is 161 Å². The number of rotatable bonds is 4. The Kier molecular flexibility index (Phi) is 5.88. The van der Waals surface area contributed by atoms with E-state index in [1.54, 1.807) is 0 Å². The first-order chi connectivity index (χ1) is 22.8. The van der Waals surface area contributed by atoms with Gasteiger partial charge >= 0.3 is 0 Å². The van der Waals surface area contributed by atoms with Crippen LogP contribution in [-0.2, 0) is 0 Å². The quantitative estimate of drug-likeness (QED) is 0.202. The van der Waals surface area contributed by atoms with Crippen LogP contribution in [0.3, 0.4) is 0 Å². The number of nitrogens with zero attached hydrogens (tertiary/aromatic N) is 3. The van der Waals surface area contributed by atoms with Gasteiger partial charge in [0.05, 0.1) is 33.7 Å². The molecule has 214 valence electrons. The van der Waals surface area contributed by atoms with Crippen LogP contribution in [0.2, 0.25) is 0 Å². The van der Waals surface area contributed by atoms with E-state index in [1.165, 1.54) is 43.7 Å². The zero-order chi connectivity index (χ0) is 30.6. The van der Waals surface area contributed by atoms with Gasteiger partial charge in [0.1, 0.15) is 0 Å². The van der Waals surface area contributed by atoms with E-state index in [1.807, 2.05) is 18.2 Å². The van der Waals surface area contributed by atoms with Crippen molar-refractivity contribution in [1.82, 2.24) is 9.13 Å². The van der Waals surface area contributed by atoms with E-state index in [0.717, 1.165) is 33.6 Å². The molecule has 3 heteroatoms. The monoisotopic (exact) mass is 585 g/mol. The number of nitriles is 1. The summed E-state index contributed by atoms with van der Waals surface area (Å²) in [4.78, 5) is 0. The van der Waals surface area contributed by atoms with Crippen LogP contribution < -0.4 is 0 Å². The lowest BCUT2D eigenvalue weighted by Crippen LogP contribution is -1.97. The zero-order valence-electron chi connectivity index (χ0n) is 24.9. The molecule has 0 atom stereocenters. The lowest BCUT2D eigenvalue weighted by atomic mass is 10.0.